The van der Waals surface area contributed by atoms with Crippen LogP contribution in [0.4, 0.5) is 16.3 Å². The van der Waals surface area contributed by atoms with E-state index in [4.69, 9.17) is 16.3 Å². The van der Waals surface area contributed by atoms with Crippen LogP contribution in [-0.2, 0) is 28.4 Å². The number of benzene rings is 1. The van der Waals surface area contributed by atoms with Gasteiger partial charge in [0.15, 0.2) is 11.5 Å². The Morgan fingerprint density at radius 2 is 1.97 bits per heavy atom. The predicted molar refractivity (Wildman–Crippen MR) is 113 cm³/mol. The van der Waals surface area contributed by atoms with Crippen LogP contribution in [0.5, 0.6) is 0 Å². The third kappa shape index (κ3) is 5.24. The minimum Gasteiger partial charge on any atom is -0.444 e. The van der Waals surface area contributed by atoms with Crippen molar-refractivity contribution in [2.75, 3.05) is 16.3 Å². The van der Waals surface area contributed by atoms with Gasteiger partial charge in [-0.1, -0.05) is 35.0 Å². The Labute approximate surface area is 178 Å². The number of carbonyl (C=O) groups excluding carboxylic acids is 1. The van der Waals surface area contributed by atoms with E-state index in [1.807, 2.05) is 0 Å². The summed E-state index contributed by atoms with van der Waals surface area (Å²) in [5.41, 5.74) is 2.17. The largest absolute Gasteiger partial charge is 0.444 e. The highest BCUT2D eigenvalue weighted by atomic mass is 35.5. The summed E-state index contributed by atoms with van der Waals surface area (Å²) in [6.07, 6.45) is 0.341. The quantitative estimate of drug-likeness (QED) is 0.590. The summed E-state index contributed by atoms with van der Waals surface area (Å²) in [5, 5.41) is 11.0. The number of nitrogens with zero attached hydrogens (tertiary/aromatic N) is 4. The monoisotopic (exact) mass is 450 g/mol. The number of sulfonamides is 1. The average Bonchev–Trinajstić information content (AvgIpc) is 3.02. The van der Waals surface area contributed by atoms with Crippen molar-refractivity contribution in [1.82, 2.24) is 20.0 Å². The van der Waals surface area contributed by atoms with E-state index in [-0.39, 0.29) is 12.4 Å². The minimum absolute atomic E-state index is 0.00463. The number of ether oxygens (including phenoxy) is 1. The fraction of sp³-hybridized carbons (Fsp3) is 0.222. The first kappa shape index (κ1) is 21.5. The summed E-state index contributed by atoms with van der Waals surface area (Å²) < 4.78 is 31.9. The molecule has 3 rings (SSSR count). The fourth-order valence-electron chi connectivity index (χ4n) is 2.56. The molecule has 2 aromatic heterocycles. The second-order valence-corrected chi connectivity index (χ2v) is 8.56. The molecule has 0 atom stereocenters. The molecule has 0 aliphatic carbocycles. The topological polar surface area (TPSA) is 128 Å². The number of nitrogens with one attached hydrogen (secondary N) is 2. The van der Waals surface area contributed by atoms with Gasteiger partial charge in [-0.3, -0.25) is 10.0 Å². The van der Waals surface area contributed by atoms with E-state index in [0.29, 0.717) is 33.4 Å². The fourth-order valence-corrected chi connectivity index (χ4v) is 3.37. The maximum Gasteiger partial charge on any atom is 0.413 e. The number of hydrogen-bond donors (Lipinski definition) is 2. The van der Waals surface area contributed by atoms with Crippen molar-refractivity contribution in [3.63, 3.8) is 0 Å². The van der Waals surface area contributed by atoms with Gasteiger partial charge >= 0.3 is 6.09 Å². The Morgan fingerprint density at radius 3 is 2.63 bits per heavy atom. The number of pyridine rings is 1. The third-order valence-corrected chi connectivity index (χ3v) is 4.95. The lowest BCUT2D eigenvalue weighted by atomic mass is 10.2. The van der Waals surface area contributed by atoms with Crippen LogP contribution in [-0.4, -0.2) is 40.7 Å². The normalized spacial score (nSPS) is 11.2. The molecule has 2 N–H and O–H groups in total. The van der Waals surface area contributed by atoms with E-state index >= 15 is 0 Å². The van der Waals surface area contributed by atoms with Gasteiger partial charge in [-0.25, -0.2) is 22.9 Å². The number of hydrogen-bond acceptors (Lipinski definition) is 7. The molecule has 0 aliphatic heterocycles. The maximum atomic E-state index is 12.3. The zero-order chi connectivity index (χ0) is 21.9. The Morgan fingerprint density at radius 1 is 1.23 bits per heavy atom. The van der Waals surface area contributed by atoms with Crippen LogP contribution < -0.4 is 10.0 Å². The molecular formula is C18H19ClN6O4S. The highest BCUT2D eigenvalue weighted by molar-refractivity contribution is 7.92. The molecular weight excluding hydrogens is 432 g/mol. The van der Waals surface area contributed by atoms with Crippen LogP contribution in [0.1, 0.15) is 11.3 Å². The number of anilines is 2. The molecule has 0 fully saturated rings. The number of halogens is 1. The number of carbonyl (C=O) groups is 1. The van der Waals surface area contributed by atoms with Gasteiger partial charge in [0.05, 0.1) is 23.3 Å². The van der Waals surface area contributed by atoms with E-state index in [0.717, 1.165) is 6.26 Å². The van der Waals surface area contributed by atoms with Gasteiger partial charge in [0.1, 0.15) is 6.61 Å². The molecule has 3 aromatic rings. The first-order valence-corrected chi connectivity index (χ1v) is 10.9. The van der Waals surface area contributed by atoms with Crippen molar-refractivity contribution in [3.8, 4) is 11.4 Å². The Kier molecular flexibility index (Phi) is 6.22. The summed E-state index contributed by atoms with van der Waals surface area (Å²) in [6, 6.07) is 10.2. The third-order valence-electron chi connectivity index (χ3n) is 3.99. The van der Waals surface area contributed by atoms with Gasteiger partial charge in [-0.2, -0.15) is 0 Å². The summed E-state index contributed by atoms with van der Waals surface area (Å²) in [7, 11) is -1.83. The molecule has 2 heterocycles. The van der Waals surface area contributed by atoms with Crippen LogP contribution in [0.2, 0.25) is 5.02 Å². The molecule has 0 spiro atoms. The molecule has 0 radical (unpaired) electrons. The zero-order valence-electron chi connectivity index (χ0n) is 16.4. The maximum absolute atomic E-state index is 12.3. The number of aryl methyl sites for hydroxylation is 2. The van der Waals surface area contributed by atoms with E-state index in [9.17, 15) is 13.2 Å². The summed E-state index contributed by atoms with van der Waals surface area (Å²) >= 11 is 6.06. The first-order chi connectivity index (χ1) is 14.1. The standard InChI is InChI=1S/C18H19ClN6O4S/c1-11-14(23-30(3,27)28)8-9-15(20-11)16-17(25(2)24-22-16)21-18(26)29-10-12-6-4-5-7-13(12)19/h4-9,23H,10H2,1-3H3,(H,21,26). The second kappa shape index (κ2) is 8.67. The van der Waals surface area contributed by atoms with Crippen molar-refractivity contribution >= 4 is 39.2 Å². The zero-order valence-corrected chi connectivity index (χ0v) is 18.0. The predicted octanol–water partition coefficient (Wildman–Crippen LogP) is 2.96. The van der Waals surface area contributed by atoms with Crippen molar-refractivity contribution in [2.45, 2.75) is 13.5 Å². The van der Waals surface area contributed by atoms with E-state index < -0.39 is 16.1 Å². The molecule has 0 bridgehead atoms. The highest BCUT2D eigenvalue weighted by Crippen LogP contribution is 2.26. The molecule has 1 aromatic carbocycles. The number of amides is 1. The lowest BCUT2D eigenvalue weighted by Crippen LogP contribution is -2.16. The molecule has 30 heavy (non-hydrogen) atoms. The van der Waals surface area contributed by atoms with Crippen LogP contribution >= 0.6 is 11.6 Å². The van der Waals surface area contributed by atoms with Gasteiger partial charge in [-0.05, 0) is 25.1 Å². The van der Waals surface area contributed by atoms with Gasteiger partial charge < -0.3 is 4.74 Å². The smallest absolute Gasteiger partial charge is 0.413 e. The first-order valence-electron chi connectivity index (χ1n) is 8.66. The van der Waals surface area contributed by atoms with Crippen LogP contribution in [0, 0.1) is 6.92 Å². The molecule has 0 aliphatic rings. The van der Waals surface area contributed by atoms with Gasteiger partial charge in [0.25, 0.3) is 0 Å². The molecule has 12 heteroatoms. The van der Waals surface area contributed by atoms with Crippen molar-refractivity contribution in [2.24, 2.45) is 7.05 Å². The van der Waals surface area contributed by atoms with Crippen LogP contribution in [0.25, 0.3) is 11.4 Å². The van der Waals surface area contributed by atoms with Crippen LogP contribution in [0.15, 0.2) is 36.4 Å². The number of rotatable bonds is 6. The molecule has 1 amide bonds. The Bertz CT molecular complexity index is 1200. The summed E-state index contributed by atoms with van der Waals surface area (Å²) in [6.45, 7) is 1.65. The molecule has 158 valence electrons. The van der Waals surface area contributed by atoms with Gasteiger partial charge in [-0.15, -0.1) is 5.10 Å². The van der Waals surface area contributed by atoms with E-state index in [1.54, 1.807) is 50.4 Å². The van der Waals surface area contributed by atoms with Crippen molar-refractivity contribution in [1.29, 1.82) is 0 Å². The van der Waals surface area contributed by atoms with E-state index in [2.05, 4.69) is 25.3 Å². The molecule has 0 saturated heterocycles. The number of aromatic nitrogens is 4. The summed E-state index contributed by atoms with van der Waals surface area (Å²) in [4.78, 5) is 16.6. The Balaban J connectivity index is 1.77. The SMILES string of the molecule is Cc1nc(-c2nnn(C)c2NC(=O)OCc2ccccc2Cl)ccc1NS(C)(=O)=O. The molecule has 10 nitrogen and oxygen atoms in total. The second-order valence-electron chi connectivity index (χ2n) is 6.41. The lowest BCUT2D eigenvalue weighted by Gasteiger charge is -2.10. The minimum atomic E-state index is -3.43. The Hall–Kier alpha value is -3.18. The van der Waals surface area contributed by atoms with Gasteiger partial charge in [0.2, 0.25) is 10.0 Å². The van der Waals surface area contributed by atoms with Crippen molar-refractivity contribution in [3.05, 3.63) is 52.7 Å². The summed E-state index contributed by atoms with van der Waals surface area (Å²) in [5.74, 6) is 0.273. The van der Waals surface area contributed by atoms with Crippen LogP contribution in [0.3, 0.4) is 0 Å². The molecule has 0 unspecified atom stereocenters. The highest BCUT2D eigenvalue weighted by Gasteiger charge is 2.18. The lowest BCUT2D eigenvalue weighted by molar-refractivity contribution is 0.155. The molecule has 0 saturated carbocycles. The van der Waals surface area contributed by atoms with E-state index in [1.165, 1.54) is 4.68 Å². The van der Waals surface area contributed by atoms with Crippen molar-refractivity contribution < 1.29 is 17.9 Å². The average molecular weight is 451 g/mol. The van der Waals surface area contributed by atoms with Gasteiger partial charge in [0, 0.05) is 17.6 Å².